The van der Waals surface area contributed by atoms with Crippen LogP contribution in [0.4, 0.5) is 15.8 Å². The predicted molar refractivity (Wildman–Crippen MR) is 137 cm³/mol. The molecule has 0 unspecified atom stereocenters. The molecule has 0 saturated carbocycles. The number of amides is 1. The summed E-state index contributed by atoms with van der Waals surface area (Å²) in [7, 11) is 3.20. The Morgan fingerprint density at radius 1 is 0.914 bits per heavy atom. The van der Waals surface area contributed by atoms with Gasteiger partial charge in [-0.05, 0) is 48.5 Å². The van der Waals surface area contributed by atoms with Crippen LogP contribution in [0.2, 0.25) is 0 Å². The summed E-state index contributed by atoms with van der Waals surface area (Å²) in [5, 5.41) is 14.5. The smallest absolute Gasteiger partial charge is 0.252 e. The molecule has 0 atom stereocenters. The molecular formula is C27H28FN5O2. The van der Waals surface area contributed by atoms with Gasteiger partial charge in [0.2, 0.25) is 5.84 Å². The minimum absolute atomic E-state index is 0.122. The number of benzene rings is 3. The van der Waals surface area contributed by atoms with Gasteiger partial charge in [-0.2, -0.15) is 5.01 Å². The highest BCUT2D eigenvalue weighted by molar-refractivity contribution is 6.48. The second-order valence-corrected chi connectivity index (χ2v) is 8.60. The van der Waals surface area contributed by atoms with Crippen molar-refractivity contribution >= 4 is 28.8 Å². The summed E-state index contributed by atoms with van der Waals surface area (Å²) in [5.41, 5.74) is 1.39. The Labute approximate surface area is 204 Å². The minimum atomic E-state index is -0.771. The number of hydrogen-bond donors (Lipinski definition) is 0. The van der Waals surface area contributed by atoms with E-state index < -0.39 is 11.2 Å². The van der Waals surface area contributed by atoms with Crippen molar-refractivity contribution in [2.24, 2.45) is 25.7 Å². The Balaban J connectivity index is 2.16. The van der Waals surface area contributed by atoms with Crippen molar-refractivity contribution in [1.29, 1.82) is 0 Å². The zero-order chi connectivity index (χ0) is 25.4. The zero-order valence-electron chi connectivity index (χ0n) is 20.4. The molecule has 0 aliphatic carbocycles. The maximum absolute atomic E-state index is 13.6. The molecule has 1 amide bonds. The normalized spacial score (nSPS) is 12.6. The molecule has 0 heterocycles. The third-order valence-electron chi connectivity index (χ3n) is 4.92. The quantitative estimate of drug-likeness (QED) is 0.179. The van der Waals surface area contributed by atoms with Gasteiger partial charge < -0.3 is 4.74 Å². The fourth-order valence-electron chi connectivity index (χ4n) is 3.04. The average Bonchev–Trinajstić information content (AvgIpc) is 2.86. The number of amidine groups is 1. The van der Waals surface area contributed by atoms with Gasteiger partial charge in [0.05, 0.1) is 18.5 Å². The molecule has 3 aromatic carbocycles. The van der Waals surface area contributed by atoms with E-state index in [9.17, 15) is 9.18 Å². The molecule has 0 aromatic heterocycles. The minimum Gasteiger partial charge on any atom is -0.497 e. The summed E-state index contributed by atoms with van der Waals surface area (Å²) in [6.07, 6.45) is 0. The number of anilines is 1. The molecule has 35 heavy (non-hydrogen) atoms. The van der Waals surface area contributed by atoms with Crippen LogP contribution < -0.4 is 9.75 Å². The third kappa shape index (κ3) is 6.66. The van der Waals surface area contributed by atoms with Crippen LogP contribution in [0.5, 0.6) is 5.75 Å². The van der Waals surface area contributed by atoms with Gasteiger partial charge in [0.15, 0.2) is 0 Å². The predicted octanol–water partition coefficient (Wildman–Crippen LogP) is 6.43. The number of hydrazone groups is 1. The second kappa shape index (κ2) is 11.3. The van der Waals surface area contributed by atoms with E-state index in [0.717, 1.165) is 5.56 Å². The van der Waals surface area contributed by atoms with Gasteiger partial charge in [-0.1, -0.05) is 51.1 Å². The first kappa shape index (κ1) is 25.4. The molecular weight excluding hydrogens is 445 g/mol. The first-order valence-electron chi connectivity index (χ1n) is 11.0. The van der Waals surface area contributed by atoms with Crippen LogP contribution in [-0.2, 0) is 4.79 Å². The van der Waals surface area contributed by atoms with Crippen molar-refractivity contribution in [1.82, 2.24) is 0 Å². The van der Waals surface area contributed by atoms with Crippen LogP contribution in [0.15, 0.2) is 99.2 Å². The maximum Gasteiger partial charge on any atom is 0.252 e. The Morgan fingerprint density at radius 2 is 1.54 bits per heavy atom. The fourth-order valence-corrected chi connectivity index (χ4v) is 3.04. The van der Waals surface area contributed by atoms with E-state index in [1.54, 1.807) is 59.2 Å². The van der Waals surface area contributed by atoms with E-state index in [-0.39, 0.29) is 11.7 Å². The van der Waals surface area contributed by atoms with E-state index in [1.807, 2.05) is 30.3 Å². The molecule has 0 fully saturated rings. The van der Waals surface area contributed by atoms with Crippen LogP contribution in [0.1, 0.15) is 26.3 Å². The highest BCUT2D eigenvalue weighted by Crippen LogP contribution is 2.25. The summed E-state index contributed by atoms with van der Waals surface area (Å²) in [4.78, 5) is 17.8. The standard InChI is InChI=1S/C27H28FN5O2/c1-27(2,3)26(34)33(22-15-11-20(28)12-16-22)32-25(24(29-4)19-9-7-6-8-10-19)31-30-21-13-17-23(35-5)18-14-21/h6-18H,1-5H3/b29-24?,31-30?,32-25-. The van der Waals surface area contributed by atoms with E-state index >= 15 is 0 Å². The molecule has 7 nitrogen and oxygen atoms in total. The lowest BCUT2D eigenvalue weighted by Crippen LogP contribution is -2.37. The highest BCUT2D eigenvalue weighted by Gasteiger charge is 2.29. The Bertz CT molecular complexity index is 1230. The van der Waals surface area contributed by atoms with Gasteiger partial charge in [-0.3, -0.25) is 9.79 Å². The second-order valence-electron chi connectivity index (χ2n) is 8.60. The number of carbonyl (C=O) groups is 1. The molecule has 3 rings (SSSR count). The van der Waals surface area contributed by atoms with Crippen molar-refractivity contribution in [2.45, 2.75) is 20.8 Å². The van der Waals surface area contributed by atoms with E-state index in [4.69, 9.17) is 4.74 Å². The Hall–Kier alpha value is -4.20. The molecule has 8 heteroatoms. The summed E-state index contributed by atoms with van der Waals surface area (Å²) in [6, 6.07) is 22.0. The van der Waals surface area contributed by atoms with Crippen molar-refractivity contribution in [2.75, 3.05) is 19.2 Å². The van der Waals surface area contributed by atoms with Crippen molar-refractivity contribution in [3.63, 3.8) is 0 Å². The van der Waals surface area contributed by atoms with Gasteiger partial charge in [-0.15, -0.1) is 15.3 Å². The zero-order valence-corrected chi connectivity index (χ0v) is 20.4. The number of azo groups is 1. The topological polar surface area (TPSA) is 79.0 Å². The monoisotopic (exact) mass is 473 g/mol. The van der Waals surface area contributed by atoms with E-state index in [1.165, 1.54) is 29.3 Å². The lowest BCUT2D eigenvalue weighted by Gasteiger charge is -2.26. The van der Waals surface area contributed by atoms with Crippen LogP contribution in [-0.4, -0.2) is 31.6 Å². The molecule has 0 aliphatic rings. The third-order valence-corrected chi connectivity index (χ3v) is 4.92. The van der Waals surface area contributed by atoms with Gasteiger partial charge >= 0.3 is 0 Å². The van der Waals surface area contributed by atoms with Crippen molar-refractivity contribution in [3.05, 3.63) is 90.2 Å². The molecule has 0 radical (unpaired) electrons. The first-order chi connectivity index (χ1) is 16.7. The lowest BCUT2D eigenvalue weighted by molar-refractivity contribution is -0.125. The van der Waals surface area contributed by atoms with Crippen LogP contribution in [0, 0.1) is 11.2 Å². The van der Waals surface area contributed by atoms with Gasteiger partial charge in [0.25, 0.3) is 5.91 Å². The number of hydrogen-bond acceptors (Lipinski definition) is 5. The number of aliphatic imine (C=N–C) groups is 1. The first-order valence-corrected chi connectivity index (χ1v) is 11.0. The van der Waals surface area contributed by atoms with Crippen LogP contribution in [0.25, 0.3) is 0 Å². The maximum atomic E-state index is 13.6. The summed E-state index contributed by atoms with van der Waals surface area (Å²) >= 11 is 0. The summed E-state index contributed by atoms with van der Waals surface area (Å²) in [5.74, 6) is 0.0952. The van der Waals surface area contributed by atoms with Gasteiger partial charge in [-0.25, -0.2) is 4.39 Å². The number of carbonyl (C=O) groups excluding carboxylic acids is 1. The lowest BCUT2D eigenvalue weighted by atomic mass is 9.95. The number of halogens is 1. The number of rotatable bonds is 6. The van der Waals surface area contributed by atoms with Crippen molar-refractivity contribution in [3.8, 4) is 5.75 Å². The Kier molecular flexibility index (Phi) is 8.20. The molecule has 180 valence electrons. The molecule has 0 spiro atoms. The summed E-state index contributed by atoms with van der Waals surface area (Å²) < 4.78 is 18.8. The molecule has 0 N–H and O–H groups in total. The van der Waals surface area contributed by atoms with E-state index in [2.05, 4.69) is 20.3 Å². The van der Waals surface area contributed by atoms with Gasteiger partial charge in [0, 0.05) is 18.0 Å². The van der Waals surface area contributed by atoms with Crippen LogP contribution in [0.3, 0.4) is 0 Å². The largest absolute Gasteiger partial charge is 0.497 e. The molecule has 0 bridgehead atoms. The van der Waals surface area contributed by atoms with Crippen LogP contribution >= 0.6 is 0 Å². The van der Waals surface area contributed by atoms with E-state index in [0.29, 0.717) is 22.8 Å². The number of ether oxygens (including phenoxy) is 1. The summed E-state index contributed by atoms with van der Waals surface area (Å²) in [6.45, 7) is 5.35. The molecule has 0 aliphatic heterocycles. The Morgan fingerprint density at radius 3 is 2.09 bits per heavy atom. The fraction of sp³-hybridized carbons (Fsp3) is 0.222. The van der Waals surface area contributed by atoms with Gasteiger partial charge in [0.1, 0.15) is 17.3 Å². The highest BCUT2D eigenvalue weighted by atomic mass is 19.1. The average molecular weight is 474 g/mol. The number of nitrogens with zero attached hydrogens (tertiary/aromatic N) is 5. The van der Waals surface area contributed by atoms with Crippen molar-refractivity contribution < 1.29 is 13.9 Å². The molecule has 3 aromatic rings. The molecule has 0 saturated heterocycles. The SMILES string of the molecule is CN=C(/C(N=Nc1ccc(OC)cc1)=N/N(C(=O)C(C)(C)C)c1ccc(F)cc1)c1ccccc1. The number of methoxy groups -OCH3 is 1.